The van der Waals surface area contributed by atoms with Gasteiger partial charge in [-0.05, 0) is 72.1 Å². The first-order valence-electron chi connectivity index (χ1n) is 13.0. The minimum Gasteiger partial charge on any atom is -0.458 e. The van der Waals surface area contributed by atoms with E-state index in [0.717, 1.165) is 49.9 Å². The first kappa shape index (κ1) is 21.2. The first-order chi connectivity index (χ1) is 16.5. The van der Waals surface area contributed by atoms with E-state index in [-0.39, 0.29) is 33.6 Å². The zero-order chi connectivity index (χ0) is 24.3. The Morgan fingerprint density at radius 3 is 2.80 bits per heavy atom. The van der Waals surface area contributed by atoms with E-state index in [4.69, 9.17) is 4.74 Å². The predicted octanol–water partition coefficient (Wildman–Crippen LogP) is 4.68. The van der Waals surface area contributed by atoms with Crippen LogP contribution >= 0.6 is 0 Å². The van der Waals surface area contributed by atoms with E-state index in [0.29, 0.717) is 23.9 Å². The second kappa shape index (κ2) is 5.99. The van der Waals surface area contributed by atoms with E-state index >= 15 is 0 Å². The number of aliphatic hydroxyl groups excluding tert-OH is 1. The van der Waals surface area contributed by atoms with Crippen LogP contribution in [0.5, 0.6) is 0 Å². The SMILES string of the molecule is C=C1[C@H]2C[C@@H]3C4N5C[C@]6(C)CCC[C@@]47[C@@H]6[C@@H]5C[C@]3([C@@H]1O)[C@H]7[C@H]2OC(=O)c1cccc(C(F)(F)F)c1. The highest BCUT2D eigenvalue weighted by Gasteiger charge is 2.90. The summed E-state index contributed by atoms with van der Waals surface area (Å²) in [6.07, 6.45) is -0.296. The van der Waals surface area contributed by atoms with Crippen molar-refractivity contribution in [1.29, 1.82) is 0 Å². The summed E-state index contributed by atoms with van der Waals surface area (Å²) in [6, 6.07) is 5.44. The Kier molecular flexibility index (Phi) is 3.64. The Balaban J connectivity index is 1.23. The van der Waals surface area contributed by atoms with Gasteiger partial charge in [-0.15, -0.1) is 0 Å². The fourth-order valence-corrected chi connectivity index (χ4v) is 11.6. The van der Waals surface area contributed by atoms with Gasteiger partial charge in [0.15, 0.2) is 0 Å². The maximum absolute atomic E-state index is 13.3. The lowest BCUT2D eigenvalue weighted by Crippen LogP contribution is -2.69. The molecule has 3 saturated heterocycles. The number of hydrogen-bond donors (Lipinski definition) is 1. The zero-order valence-electron chi connectivity index (χ0n) is 19.7. The average Bonchev–Trinajstić information content (AvgIpc) is 3.24. The minimum atomic E-state index is -4.52. The Morgan fingerprint density at radius 2 is 2.03 bits per heavy atom. The number of fused-ring (bicyclic) bond motifs is 1. The maximum Gasteiger partial charge on any atom is 0.416 e. The second-order valence-electron chi connectivity index (χ2n) is 13.0. The van der Waals surface area contributed by atoms with Gasteiger partial charge < -0.3 is 9.84 Å². The van der Waals surface area contributed by atoms with Gasteiger partial charge in [-0.1, -0.05) is 26.0 Å². The van der Waals surface area contributed by atoms with Crippen LogP contribution in [0.15, 0.2) is 36.4 Å². The monoisotopic (exact) mass is 485 g/mol. The lowest BCUT2D eigenvalue weighted by molar-refractivity contribution is -0.213. The van der Waals surface area contributed by atoms with Crippen LogP contribution in [-0.2, 0) is 10.9 Å². The van der Waals surface area contributed by atoms with Crippen LogP contribution in [0.25, 0.3) is 0 Å². The summed E-state index contributed by atoms with van der Waals surface area (Å²) in [6.45, 7) is 7.83. The molecule has 0 radical (unpaired) electrons. The van der Waals surface area contributed by atoms with Crippen molar-refractivity contribution < 1.29 is 27.8 Å². The molecule has 3 heterocycles. The summed E-state index contributed by atoms with van der Waals surface area (Å²) >= 11 is 0. The highest BCUT2D eigenvalue weighted by Crippen LogP contribution is 2.87. The van der Waals surface area contributed by atoms with Gasteiger partial charge in [-0.2, -0.15) is 13.2 Å². The normalized spacial score (nSPS) is 54.0. The van der Waals surface area contributed by atoms with Gasteiger partial charge in [0.05, 0.1) is 17.2 Å². The van der Waals surface area contributed by atoms with Crippen molar-refractivity contribution in [1.82, 2.24) is 4.90 Å². The molecular weight excluding hydrogens is 455 g/mol. The maximum atomic E-state index is 13.3. The van der Waals surface area contributed by atoms with E-state index < -0.39 is 29.9 Å². The number of alkyl halides is 3. The summed E-state index contributed by atoms with van der Waals surface area (Å²) in [5.74, 6) is 0.142. The van der Waals surface area contributed by atoms with Crippen LogP contribution < -0.4 is 0 Å². The molecule has 12 atom stereocenters. The van der Waals surface area contributed by atoms with Gasteiger partial charge in [0.25, 0.3) is 0 Å². The number of aliphatic hydroxyl groups is 1. The minimum absolute atomic E-state index is 0.0219. The Labute approximate surface area is 202 Å². The molecule has 2 spiro atoms. The number of ether oxygens (including phenoxy) is 1. The zero-order valence-corrected chi connectivity index (χ0v) is 19.7. The number of rotatable bonds is 2. The van der Waals surface area contributed by atoms with Gasteiger partial charge in [0.1, 0.15) is 6.10 Å². The molecule has 4 nitrogen and oxygen atoms in total. The lowest BCUT2D eigenvalue weighted by atomic mass is 9.39. The third kappa shape index (κ3) is 2.09. The van der Waals surface area contributed by atoms with E-state index in [9.17, 15) is 23.1 Å². The van der Waals surface area contributed by atoms with Crippen molar-refractivity contribution in [2.75, 3.05) is 6.54 Å². The number of halogens is 3. The van der Waals surface area contributed by atoms with Crippen molar-refractivity contribution in [3.05, 3.63) is 47.5 Å². The number of nitrogens with zero attached hydrogens (tertiary/aromatic N) is 1. The molecule has 1 aromatic rings. The summed E-state index contributed by atoms with van der Waals surface area (Å²) in [5, 5.41) is 11.7. The highest BCUT2D eigenvalue weighted by atomic mass is 19.4. The molecule has 6 aliphatic carbocycles. The molecule has 9 aliphatic rings. The van der Waals surface area contributed by atoms with E-state index in [2.05, 4.69) is 18.4 Å². The fourth-order valence-electron chi connectivity index (χ4n) is 11.6. The molecule has 186 valence electrons. The highest BCUT2D eigenvalue weighted by molar-refractivity contribution is 5.89. The second-order valence-corrected chi connectivity index (χ2v) is 13.0. The molecule has 1 N–H and O–H groups in total. The van der Waals surface area contributed by atoms with Crippen LogP contribution in [0.1, 0.15) is 54.9 Å². The topological polar surface area (TPSA) is 49.8 Å². The van der Waals surface area contributed by atoms with Gasteiger partial charge in [-0.3, -0.25) is 4.90 Å². The Bertz CT molecular complexity index is 1200. The Hall–Kier alpha value is -1.86. The molecule has 9 fully saturated rings. The van der Waals surface area contributed by atoms with E-state index in [1.807, 2.05) is 0 Å². The van der Waals surface area contributed by atoms with Crippen LogP contribution in [0, 0.1) is 39.9 Å². The van der Waals surface area contributed by atoms with E-state index in [1.54, 1.807) is 0 Å². The molecule has 10 rings (SSSR count). The van der Waals surface area contributed by atoms with Crippen LogP contribution in [0.3, 0.4) is 0 Å². The molecule has 0 amide bonds. The summed E-state index contributed by atoms with van der Waals surface area (Å²) in [7, 11) is 0. The number of carbonyl (C=O) groups excluding carboxylic acids is 1. The van der Waals surface area contributed by atoms with Crippen molar-refractivity contribution in [2.45, 2.75) is 69.5 Å². The van der Waals surface area contributed by atoms with Gasteiger partial charge >= 0.3 is 12.1 Å². The van der Waals surface area contributed by atoms with Crippen LogP contribution in [0.4, 0.5) is 13.2 Å². The molecule has 7 heteroatoms. The number of carbonyl (C=O) groups is 1. The molecule has 1 aromatic carbocycles. The quantitative estimate of drug-likeness (QED) is 0.488. The van der Waals surface area contributed by atoms with Gasteiger partial charge in [-0.25, -0.2) is 4.79 Å². The van der Waals surface area contributed by atoms with Crippen molar-refractivity contribution in [3.63, 3.8) is 0 Å². The van der Waals surface area contributed by atoms with Crippen LogP contribution in [-0.4, -0.2) is 46.8 Å². The van der Waals surface area contributed by atoms with Gasteiger partial charge in [0.2, 0.25) is 0 Å². The Morgan fingerprint density at radius 1 is 1.23 bits per heavy atom. The summed E-state index contributed by atoms with van der Waals surface area (Å²) in [5.41, 5.74) is -0.191. The third-order valence-corrected chi connectivity index (χ3v) is 12.0. The lowest BCUT2D eigenvalue weighted by Gasteiger charge is -2.66. The molecule has 35 heavy (non-hydrogen) atoms. The van der Waals surface area contributed by atoms with Gasteiger partial charge in [0, 0.05) is 35.9 Å². The smallest absolute Gasteiger partial charge is 0.416 e. The number of benzene rings is 1. The van der Waals surface area contributed by atoms with Crippen molar-refractivity contribution in [3.8, 4) is 0 Å². The molecular formula is C28H30F3NO3. The molecule has 0 aromatic heterocycles. The number of piperidine rings is 2. The largest absolute Gasteiger partial charge is 0.458 e. The van der Waals surface area contributed by atoms with E-state index in [1.165, 1.54) is 18.6 Å². The molecule has 2 unspecified atom stereocenters. The van der Waals surface area contributed by atoms with Crippen molar-refractivity contribution >= 4 is 5.97 Å². The standard InChI is InChI=1S/C28H30F3NO3/c1-13-16-10-17-22-26-8-4-7-25(2)12-32(22)18(20(25)26)11-27(17,23(13)33)21(26)19(16)35-24(34)14-5-3-6-15(9-14)28(29,30)31/h3,5-6,9,16-23,33H,1,4,7-8,10-12H2,2H3/t16-,17-,18+,19+,20-,21+,22?,23-,25+,26+,27-/m1/s1. The molecule has 3 aliphatic heterocycles. The number of esters is 1. The predicted molar refractivity (Wildman–Crippen MR) is 120 cm³/mol. The summed E-state index contributed by atoms with van der Waals surface area (Å²) in [4.78, 5) is 16.1. The summed E-state index contributed by atoms with van der Waals surface area (Å²) < 4.78 is 46.1. The van der Waals surface area contributed by atoms with Crippen LogP contribution in [0.2, 0.25) is 0 Å². The first-order valence-corrected chi connectivity index (χ1v) is 13.0. The van der Waals surface area contributed by atoms with Crippen molar-refractivity contribution in [2.24, 2.45) is 39.9 Å². The fraction of sp³-hybridized carbons (Fsp3) is 0.679. The molecule has 6 saturated carbocycles. The average molecular weight is 486 g/mol. The third-order valence-electron chi connectivity index (χ3n) is 12.0. The molecule has 9 bridgehead atoms. The number of hydrogen-bond acceptors (Lipinski definition) is 4.